The minimum absolute atomic E-state index is 0.0227. The van der Waals surface area contributed by atoms with Crippen LogP contribution in [-0.2, 0) is 4.65 Å². The normalized spacial score (nSPS) is 12.6. The maximum atomic E-state index is 6.01. The maximum Gasteiger partial charge on any atom is 0.330 e. The van der Waals surface area contributed by atoms with Gasteiger partial charge in [0.15, 0.2) is 0 Å². The highest BCUT2D eigenvalue weighted by atomic mass is 31.0. The Morgan fingerprint density at radius 3 is 2.36 bits per heavy atom. The molecule has 0 aliphatic heterocycles. The Bertz CT molecular complexity index is 882. The summed E-state index contributed by atoms with van der Waals surface area (Å²) >= 11 is 0. The van der Waals surface area contributed by atoms with Gasteiger partial charge in [0.1, 0.15) is 0 Å². The van der Waals surface area contributed by atoms with Crippen molar-refractivity contribution in [1.82, 2.24) is 14.4 Å². The number of benzene rings is 1. The molecule has 0 aliphatic carbocycles. The molecule has 3 rings (SSSR count). The average Bonchev–Trinajstić information content (AvgIpc) is 2.95. The van der Waals surface area contributed by atoms with Crippen molar-refractivity contribution in [2.45, 2.75) is 45.4 Å². The summed E-state index contributed by atoms with van der Waals surface area (Å²) in [7, 11) is 4.67. The van der Waals surface area contributed by atoms with Gasteiger partial charge in [-0.2, -0.15) is 0 Å². The van der Waals surface area contributed by atoms with E-state index in [4.69, 9.17) is 4.65 Å². The largest absolute Gasteiger partial charge is 0.429 e. The molecule has 1 atom stereocenters. The minimum atomic E-state index is -0.276. The molecule has 0 fully saturated rings. The molecule has 2 heterocycles. The van der Waals surface area contributed by atoms with Crippen molar-refractivity contribution in [3.63, 3.8) is 0 Å². The summed E-state index contributed by atoms with van der Waals surface area (Å²) in [6.45, 7) is 10.4. The molecule has 6 heteroatoms. The van der Waals surface area contributed by atoms with Gasteiger partial charge < -0.3 is 4.65 Å². The molecule has 1 aromatic carbocycles. The van der Waals surface area contributed by atoms with E-state index in [-0.39, 0.29) is 10.8 Å². The molecule has 4 nitrogen and oxygen atoms in total. The zero-order valence-corrected chi connectivity index (χ0v) is 16.6. The maximum absolute atomic E-state index is 6.01. The van der Waals surface area contributed by atoms with Crippen LogP contribution in [0.5, 0.6) is 0 Å². The molecular weight excluding hydrogens is 328 g/mol. The second kappa shape index (κ2) is 6.55. The van der Waals surface area contributed by atoms with Gasteiger partial charge in [0.05, 0.1) is 11.3 Å². The molecule has 0 spiro atoms. The summed E-state index contributed by atoms with van der Waals surface area (Å²) < 4.78 is 7.95. The Morgan fingerprint density at radius 2 is 1.72 bits per heavy atom. The predicted octanol–water partition coefficient (Wildman–Crippen LogP) is 3.40. The first-order valence-electron chi connectivity index (χ1n) is 8.38. The summed E-state index contributed by atoms with van der Waals surface area (Å²) in [5.41, 5.74) is 3.69. The van der Waals surface area contributed by atoms with E-state index in [0.717, 1.165) is 28.2 Å². The molecule has 0 saturated carbocycles. The number of imidazole rings is 1. The molecule has 0 saturated heterocycles. The highest BCUT2D eigenvalue weighted by Crippen LogP contribution is 2.33. The van der Waals surface area contributed by atoms with Crippen LogP contribution < -0.4 is 5.46 Å². The van der Waals surface area contributed by atoms with Crippen LogP contribution >= 0.6 is 9.24 Å². The molecule has 0 amide bonds. The Labute approximate surface area is 152 Å². The van der Waals surface area contributed by atoms with Crippen LogP contribution in [0.3, 0.4) is 0 Å². The fourth-order valence-corrected chi connectivity index (χ4v) is 2.27. The van der Waals surface area contributed by atoms with Crippen molar-refractivity contribution in [3.05, 3.63) is 48.4 Å². The molecule has 0 aliphatic rings. The molecular formula is C19H24BN3OP. The highest BCUT2D eigenvalue weighted by Gasteiger charge is 2.33. The smallest absolute Gasteiger partial charge is 0.330 e. The molecule has 25 heavy (non-hydrogen) atoms. The lowest BCUT2D eigenvalue weighted by Gasteiger charge is -2.39. The number of fused-ring (bicyclic) bond motifs is 1. The summed E-state index contributed by atoms with van der Waals surface area (Å²) in [6, 6.07) is 10.2. The van der Waals surface area contributed by atoms with E-state index in [1.807, 2.05) is 49.4 Å². The zero-order chi connectivity index (χ0) is 18.2. The third-order valence-corrected chi connectivity index (χ3v) is 5.41. The summed E-state index contributed by atoms with van der Waals surface area (Å²) in [5.74, 6) is 0.721. The standard InChI is InChI=1S/C19H24BN3OP/c1-13-10-11-23-12-16(22-17(23)21-13)14-6-8-15(9-7-14)20-24-18(2,3)19(4,5)25/h6-12H,25H2,1-5H3. The van der Waals surface area contributed by atoms with Gasteiger partial charge in [-0.25, -0.2) is 9.97 Å². The number of aryl methyl sites for hydroxylation is 1. The molecule has 129 valence electrons. The van der Waals surface area contributed by atoms with Crippen molar-refractivity contribution in [3.8, 4) is 11.3 Å². The first-order chi connectivity index (χ1) is 11.7. The van der Waals surface area contributed by atoms with Gasteiger partial charge in [-0.05, 0) is 26.8 Å². The molecule has 0 bridgehead atoms. The number of hydrogen-bond donors (Lipinski definition) is 0. The van der Waals surface area contributed by atoms with Gasteiger partial charge in [-0.3, -0.25) is 4.40 Å². The van der Waals surface area contributed by atoms with Crippen LogP contribution in [0.2, 0.25) is 0 Å². The second-order valence-corrected chi connectivity index (χ2v) is 8.94. The van der Waals surface area contributed by atoms with Crippen molar-refractivity contribution < 1.29 is 4.65 Å². The van der Waals surface area contributed by atoms with Crippen molar-refractivity contribution in [2.24, 2.45) is 0 Å². The van der Waals surface area contributed by atoms with Crippen LogP contribution in [0.15, 0.2) is 42.7 Å². The van der Waals surface area contributed by atoms with E-state index in [2.05, 4.69) is 59.0 Å². The van der Waals surface area contributed by atoms with E-state index in [0.29, 0.717) is 0 Å². The van der Waals surface area contributed by atoms with Crippen LogP contribution in [0.25, 0.3) is 17.0 Å². The molecule has 1 unspecified atom stereocenters. The summed E-state index contributed by atoms with van der Waals surface area (Å²) in [6.07, 6.45) is 3.98. The van der Waals surface area contributed by atoms with Crippen molar-refractivity contribution >= 4 is 28.0 Å². The van der Waals surface area contributed by atoms with E-state index >= 15 is 0 Å². The Morgan fingerprint density at radius 1 is 1.04 bits per heavy atom. The lowest BCUT2D eigenvalue weighted by molar-refractivity contribution is 0.0841. The van der Waals surface area contributed by atoms with Gasteiger partial charge in [0, 0.05) is 28.8 Å². The fourth-order valence-electron chi connectivity index (χ4n) is 2.20. The number of nitrogens with zero attached hydrogens (tertiary/aromatic N) is 3. The molecule has 1 radical (unpaired) electrons. The van der Waals surface area contributed by atoms with E-state index in [1.165, 1.54) is 0 Å². The highest BCUT2D eigenvalue weighted by molar-refractivity contribution is 7.19. The third-order valence-electron chi connectivity index (χ3n) is 4.71. The van der Waals surface area contributed by atoms with Gasteiger partial charge >= 0.3 is 7.48 Å². The van der Waals surface area contributed by atoms with Gasteiger partial charge in [0.25, 0.3) is 0 Å². The summed E-state index contributed by atoms with van der Waals surface area (Å²) in [5, 5.41) is -0.0227. The topological polar surface area (TPSA) is 39.4 Å². The van der Waals surface area contributed by atoms with Gasteiger partial charge in [0.2, 0.25) is 5.78 Å². The molecule has 0 N–H and O–H groups in total. The summed E-state index contributed by atoms with van der Waals surface area (Å²) in [4.78, 5) is 9.04. The molecule has 3 aromatic rings. The molecule has 2 aromatic heterocycles. The van der Waals surface area contributed by atoms with Crippen molar-refractivity contribution in [2.75, 3.05) is 0 Å². The quantitative estimate of drug-likeness (QED) is 0.522. The van der Waals surface area contributed by atoms with Crippen LogP contribution in [0.4, 0.5) is 0 Å². The zero-order valence-electron chi connectivity index (χ0n) is 15.4. The number of rotatable bonds is 5. The second-order valence-electron chi connectivity index (χ2n) is 7.49. The lowest BCUT2D eigenvalue weighted by atomic mass is 9.83. The van der Waals surface area contributed by atoms with E-state index in [1.54, 1.807) is 0 Å². The van der Waals surface area contributed by atoms with Gasteiger partial charge in [-0.15, -0.1) is 9.24 Å². The Kier molecular flexibility index (Phi) is 4.74. The van der Waals surface area contributed by atoms with Gasteiger partial charge in [-0.1, -0.05) is 43.6 Å². The number of aromatic nitrogens is 3. The van der Waals surface area contributed by atoms with Crippen LogP contribution in [-0.4, -0.2) is 32.6 Å². The minimum Gasteiger partial charge on any atom is -0.429 e. The van der Waals surface area contributed by atoms with Crippen molar-refractivity contribution in [1.29, 1.82) is 0 Å². The first kappa shape index (κ1) is 18.1. The fraction of sp³-hybridized carbons (Fsp3) is 0.368. The number of hydrogen-bond acceptors (Lipinski definition) is 3. The van der Waals surface area contributed by atoms with Crippen LogP contribution in [0, 0.1) is 6.92 Å². The predicted molar refractivity (Wildman–Crippen MR) is 108 cm³/mol. The average molecular weight is 352 g/mol. The Balaban J connectivity index is 1.75. The van der Waals surface area contributed by atoms with E-state index < -0.39 is 0 Å². The third kappa shape index (κ3) is 3.94. The van der Waals surface area contributed by atoms with E-state index in [9.17, 15) is 0 Å². The monoisotopic (exact) mass is 352 g/mol. The van der Waals surface area contributed by atoms with Crippen LogP contribution in [0.1, 0.15) is 33.4 Å². The Hall–Kier alpha value is -1.71. The lowest BCUT2D eigenvalue weighted by Crippen LogP contribution is -2.45. The first-order valence-corrected chi connectivity index (χ1v) is 8.96. The SMILES string of the molecule is Cc1ccn2cc(-c3ccc([B]OC(C)(C)C(C)(C)P)cc3)nc2n1.